The molecule has 3 aromatic rings. The molecule has 0 aliphatic carbocycles. The van der Waals surface area contributed by atoms with Crippen molar-refractivity contribution in [3.8, 4) is 0 Å². The van der Waals surface area contributed by atoms with Crippen molar-refractivity contribution in [2.24, 2.45) is 0 Å². The van der Waals surface area contributed by atoms with Crippen molar-refractivity contribution >= 4 is 17.0 Å². The van der Waals surface area contributed by atoms with Gasteiger partial charge in [0.1, 0.15) is 0 Å². The maximum Gasteiger partial charge on any atom is 0.155 e. The first-order chi connectivity index (χ1) is 10.0. The maximum atomic E-state index is 4.48. The predicted octanol–water partition coefficient (Wildman–Crippen LogP) is 2.96. The van der Waals surface area contributed by atoms with Crippen LogP contribution in [0, 0.1) is 20.8 Å². The van der Waals surface area contributed by atoms with E-state index in [1.165, 1.54) is 4.88 Å². The van der Waals surface area contributed by atoms with E-state index in [-0.39, 0.29) is 6.04 Å². The molecular weight excluding hydrogens is 282 g/mol. The van der Waals surface area contributed by atoms with Crippen LogP contribution in [-0.2, 0) is 6.54 Å². The van der Waals surface area contributed by atoms with Gasteiger partial charge < -0.3 is 5.32 Å². The number of rotatable bonds is 4. The van der Waals surface area contributed by atoms with E-state index in [9.17, 15) is 0 Å². The van der Waals surface area contributed by atoms with Gasteiger partial charge in [0.15, 0.2) is 5.65 Å². The molecule has 0 spiro atoms. The topological polar surface area (TPSA) is 55.1 Å². The molecule has 0 radical (unpaired) electrons. The Bertz CT molecular complexity index is 774. The Morgan fingerprint density at radius 2 is 2.14 bits per heavy atom. The Morgan fingerprint density at radius 3 is 2.86 bits per heavy atom. The number of hydrogen-bond acceptors (Lipinski definition) is 5. The summed E-state index contributed by atoms with van der Waals surface area (Å²) in [5, 5.41) is 9.04. The molecule has 0 saturated heterocycles. The SMILES string of the molecule is Cc1cc2ncc(CNC(C)c3sc(C)nc3C)cn2n1. The van der Waals surface area contributed by atoms with Crippen molar-refractivity contribution in [2.45, 2.75) is 40.3 Å². The molecule has 1 N–H and O–H groups in total. The lowest BCUT2D eigenvalue weighted by atomic mass is 10.2. The van der Waals surface area contributed by atoms with E-state index in [4.69, 9.17) is 0 Å². The smallest absolute Gasteiger partial charge is 0.155 e. The zero-order chi connectivity index (χ0) is 15.0. The Balaban J connectivity index is 1.72. The first-order valence-corrected chi connectivity index (χ1v) is 7.83. The van der Waals surface area contributed by atoms with Crippen LogP contribution in [0.25, 0.3) is 5.65 Å². The highest BCUT2D eigenvalue weighted by molar-refractivity contribution is 7.11. The van der Waals surface area contributed by atoms with Crippen molar-refractivity contribution < 1.29 is 0 Å². The van der Waals surface area contributed by atoms with Crippen LogP contribution in [0.2, 0.25) is 0 Å². The third kappa shape index (κ3) is 2.96. The van der Waals surface area contributed by atoms with Crippen molar-refractivity contribution in [1.29, 1.82) is 0 Å². The van der Waals surface area contributed by atoms with E-state index < -0.39 is 0 Å². The number of nitrogens with one attached hydrogen (secondary N) is 1. The van der Waals surface area contributed by atoms with Gasteiger partial charge in [0.2, 0.25) is 0 Å². The van der Waals surface area contributed by atoms with E-state index in [2.05, 4.69) is 34.2 Å². The Hall–Kier alpha value is -1.79. The lowest BCUT2D eigenvalue weighted by molar-refractivity contribution is 0.576. The number of nitrogens with zero attached hydrogens (tertiary/aromatic N) is 4. The molecule has 0 amide bonds. The van der Waals surface area contributed by atoms with Crippen LogP contribution in [0.4, 0.5) is 0 Å². The van der Waals surface area contributed by atoms with Crippen LogP contribution >= 0.6 is 11.3 Å². The minimum Gasteiger partial charge on any atom is -0.305 e. The van der Waals surface area contributed by atoms with Crippen LogP contribution < -0.4 is 5.32 Å². The lowest BCUT2D eigenvalue weighted by Gasteiger charge is -2.12. The second-order valence-electron chi connectivity index (χ2n) is 5.34. The molecule has 0 aromatic carbocycles. The van der Waals surface area contributed by atoms with Crippen LogP contribution in [0.3, 0.4) is 0 Å². The van der Waals surface area contributed by atoms with Crippen molar-refractivity contribution in [3.63, 3.8) is 0 Å². The zero-order valence-electron chi connectivity index (χ0n) is 12.7. The summed E-state index contributed by atoms with van der Waals surface area (Å²) in [6, 6.07) is 2.26. The van der Waals surface area contributed by atoms with Gasteiger partial charge in [0, 0.05) is 41.5 Å². The molecule has 1 unspecified atom stereocenters. The molecule has 21 heavy (non-hydrogen) atoms. The Labute approximate surface area is 128 Å². The fourth-order valence-electron chi connectivity index (χ4n) is 2.44. The second kappa shape index (κ2) is 5.54. The van der Waals surface area contributed by atoms with Gasteiger partial charge in [0.05, 0.1) is 16.4 Å². The normalized spacial score (nSPS) is 13.0. The van der Waals surface area contributed by atoms with E-state index in [1.807, 2.05) is 36.8 Å². The molecule has 110 valence electrons. The minimum atomic E-state index is 0.284. The molecule has 5 nitrogen and oxygen atoms in total. The molecule has 0 saturated carbocycles. The van der Waals surface area contributed by atoms with Crippen molar-refractivity contribution in [3.05, 3.63) is 45.3 Å². The number of thiazole rings is 1. The highest BCUT2D eigenvalue weighted by Gasteiger charge is 2.12. The monoisotopic (exact) mass is 301 g/mol. The van der Waals surface area contributed by atoms with Crippen LogP contribution in [0.15, 0.2) is 18.5 Å². The molecule has 3 heterocycles. The standard InChI is InChI=1S/C15H19N5S/c1-9-5-14-17-7-13(8-20(14)19-9)6-16-10(2)15-11(3)18-12(4)21-15/h5,7-8,10,16H,6H2,1-4H3. The predicted molar refractivity (Wildman–Crippen MR) is 84.6 cm³/mol. The summed E-state index contributed by atoms with van der Waals surface area (Å²) >= 11 is 1.76. The average molecular weight is 301 g/mol. The van der Waals surface area contributed by atoms with Gasteiger partial charge >= 0.3 is 0 Å². The quantitative estimate of drug-likeness (QED) is 0.805. The summed E-state index contributed by atoms with van der Waals surface area (Å²) < 4.78 is 1.83. The average Bonchev–Trinajstić information content (AvgIpc) is 2.96. The Kier molecular flexibility index (Phi) is 3.73. The van der Waals surface area contributed by atoms with Crippen molar-refractivity contribution in [2.75, 3.05) is 0 Å². The van der Waals surface area contributed by atoms with Gasteiger partial charge in [-0.3, -0.25) is 0 Å². The van der Waals surface area contributed by atoms with E-state index in [0.29, 0.717) is 0 Å². The largest absolute Gasteiger partial charge is 0.305 e. The van der Waals surface area contributed by atoms with Crippen molar-refractivity contribution in [1.82, 2.24) is 24.9 Å². The fraction of sp³-hybridized carbons (Fsp3) is 0.400. The molecule has 3 rings (SSSR count). The summed E-state index contributed by atoms with van der Waals surface area (Å²) in [4.78, 5) is 10.2. The lowest BCUT2D eigenvalue weighted by Crippen LogP contribution is -2.18. The van der Waals surface area contributed by atoms with Gasteiger partial charge in [-0.15, -0.1) is 11.3 Å². The van der Waals surface area contributed by atoms with Gasteiger partial charge in [-0.05, 0) is 27.7 Å². The molecule has 0 bridgehead atoms. The number of hydrogen-bond donors (Lipinski definition) is 1. The summed E-state index contributed by atoms with van der Waals surface area (Å²) in [5.41, 5.74) is 4.11. The first kappa shape index (κ1) is 14.2. The highest BCUT2D eigenvalue weighted by Crippen LogP contribution is 2.24. The summed E-state index contributed by atoms with van der Waals surface area (Å²) in [7, 11) is 0. The summed E-state index contributed by atoms with van der Waals surface area (Å²) in [6.45, 7) is 9.02. The molecule has 0 fully saturated rings. The second-order valence-corrected chi connectivity index (χ2v) is 6.57. The van der Waals surface area contributed by atoms with E-state index in [0.717, 1.165) is 34.2 Å². The molecule has 1 atom stereocenters. The molecule has 6 heteroatoms. The van der Waals surface area contributed by atoms with Gasteiger partial charge in [-0.2, -0.15) is 5.10 Å². The van der Waals surface area contributed by atoms with Gasteiger partial charge in [-0.1, -0.05) is 0 Å². The minimum absolute atomic E-state index is 0.284. The van der Waals surface area contributed by atoms with Crippen LogP contribution in [0.5, 0.6) is 0 Å². The van der Waals surface area contributed by atoms with Gasteiger partial charge in [-0.25, -0.2) is 14.5 Å². The van der Waals surface area contributed by atoms with E-state index >= 15 is 0 Å². The fourth-order valence-corrected chi connectivity index (χ4v) is 3.39. The Morgan fingerprint density at radius 1 is 1.33 bits per heavy atom. The van der Waals surface area contributed by atoms with Crippen LogP contribution in [-0.4, -0.2) is 19.6 Å². The molecule has 0 aliphatic heterocycles. The number of aromatic nitrogens is 4. The third-order valence-electron chi connectivity index (χ3n) is 3.43. The molecule has 3 aromatic heterocycles. The summed E-state index contributed by atoms with van der Waals surface area (Å²) in [6.07, 6.45) is 3.93. The van der Waals surface area contributed by atoms with Crippen LogP contribution in [0.1, 0.15) is 39.8 Å². The molecular formula is C15H19N5S. The summed E-state index contributed by atoms with van der Waals surface area (Å²) in [5.74, 6) is 0. The first-order valence-electron chi connectivity index (χ1n) is 7.01. The third-order valence-corrected chi connectivity index (χ3v) is 4.69. The maximum absolute atomic E-state index is 4.48. The number of fused-ring (bicyclic) bond motifs is 1. The zero-order valence-corrected chi connectivity index (χ0v) is 13.5. The number of aryl methyl sites for hydroxylation is 3. The molecule has 0 aliphatic rings. The van der Waals surface area contributed by atoms with E-state index in [1.54, 1.807) is 11.3 Å². The highest BCUT2D eigenvalue weighted by atomic mass is 32.1. The van der Waals surface area contributed by atoms with Gasteiger partial charge in [0.25, 0.3) is 0 Å².